The molecule has 0 bridgehead atoms. The standard InChI is InChI=1S/C31H31N5/c1-19-11-14-29(22(4)15-19)36-23(5)17-26(24(36)6)18-32-34-31-28-10-8-7-9-27(28)30(33-35-31)25-13-12-20(2)21(3)16-25/h7-18H,1-6H3,(H,34,35)/b32-18-. The zero-order chi connectivity index (χ0) is 25.4. The van der Waals surface area contributed by atoms with E-state index < -0.39 is 0 Å². The highest BCUT2D eigenvalue weighted by Crippen LogP contribution is 2.31. The number of fused-ring (bicyclic) bond motifs is 1. The summed E-state index contributed by atoms with van der Waals surface area (Å²) in [5, 5.41) is 15.6. The van der Waals surface area contributed by atoms with Crippen molar-refractivity contribution in [2.75, 3.05) is 5.43 Å². The molecule has 0 saturated heterocycles. The second kappa shape index (κ2) is 9.42. The molecule has 5 heteroatoms. The Morgan fingerprint density at radius 3 is 2.28 bits per heavy atom. The van der Waals surface area contributed by atoms with Gasteiger partial charge in [0, 0.05) is 39.0 Å². The average Bonchev–Trinajstić information content (AvgIpc) is 3.14. The average molecular weight is 474 g/mol. The summed E-state index contributed by atoms with van der Waals surface area (Å²) >= 11 is 0. The van der Waals surface area contributed by atoms with Crippen molar-refractivity contribution in [1.82, 2.24) is 14.8 Å². The van der Waals surface area contributed by atoms with Crippen LogP contribution in [0.3, 0.4) is 0 Å². The second-order valence-corrected chi connectivity index (χ2v) is 9.56. The highest BCUT2D eigenvalue weighted by molar-refractivity contribution is 6.00. The lowest BCUT2D eigenvalue weighted by Crippen LogP contribution is -2.02. The topological polar surface area (TPSA) is 55.1 Å². The van der Waals surface area contributed by atoms with Crippen LogP contribution >= 0.6 is 0 Å². The molecule has 2 heterocycles. The molecule has 0 amide bonds. The lowest BCUT2D eigenvalue weighted by molar-refractivity contribution is 0.953. The van der Waals surface area contributed by atoms with Gasteiger partial charge in [-0.2, -0.15) is 5.10 Å². The maximum Gasteiger partial charge on any atom is 0.176 e. The fourth-order valence-corrected chi connectivity index (χ4v) is 4.80. The summed E-state index contributed by atoms with van der Waals surface area (Å²) in [5.74, 6) is 0.637. The van der Waals surface area contributed by atoms with E-state index >= 15 is 0 Å². The summed E-state index contributed by atoms with van der Waals surface area (Å²) in [6, 6.07) is 23.3. The predicted molar refractivity (Wildman–Crippen MR) is 150 cm³/mol. The van der Waals surface area contributed by atoms with Crippen molar-refractivity contribution in [1.29, 1.82) is 0 Å². The molecule has 1 N–H and O–H groups in total. The maximum absolute atomic E-state index is 4.58. The number of anilines is 1. The Bertz CT molecular complexity index is 1620. The lowest BCUT2D eigenvalue weighted by Gasteiger charge is -2.13. The molecular formula is C31H31N5. The van der Waals surface area contributed by atoms with Crippen molar-refractivity contribution in [3.8, 4) is 16.9 Å². The van der Waals surface area contributed by atoms with Crippen LogP contribution in [0.25, 0.3) is 27.7 Å². The van der Waals surface area contributed by atoms with E-state index in [1.165, 1.54) is 33.6 Å². The minimum absolute atomic E-state index is 0.637. The fraction of sp³-hybridized carbons (Fsp3) is 0.194. The number of aromatic nitrogens is 3. The highest BCUT2D eigenvalue weighted by atomic mass is 15.3. The van der Waals surface area contributed by atoms with E-state index in [0.717, 1.165) is 33.3 Å². The van der Waals surface area contributed by atoms with Gasteiger partial charge in [0.1, 0.15) is 5.69 Å². The SMILES string of the molecule is Cc1ccc(-n2c(C)cc(/C=N\Nc3nnc(-c4ccc(C)c(C)c4)c4ccccc34)c2C)c(C)c1. The number of hydrogen-bond acceptors (Lipinski definition) is 4. The molecule has 180 valence electrons. The monoisotopic (exact) mass is 473 g/mol. The quantitative estimate of drug-likeness (QED) is 0.214. The van der Waals surface area contributed by atoms with E-state index in [-0.39, 0.29) is 0 Å². The summed E-state index contributed by atoms with van der Waals surface area (Å²) in [5.41, 5.74) is 14.7. The Morgan fingerprint density at radius 1 is 0.750 bits per heavy atom. The van der Waals surface area contributed by atoms with Crippen LogP contribution in [0.4, 0.5) is 5.82 Å². The third-order valence-electron chi connectivity index (χ3n) is 6.91. The molecule has 0 aliphatic rings. The number of aryl methyl sites for hydroxylation is 5. The van der Waals surface area contributed by atoms with Gasteiger partial charge in [-0.1, -0.05) is 54.1 Å². The first kappa shape index (κ1) is 23.5. The maximum atomic E-state index is 4.58. The summed E-state index contributed by atoms with van der Waals surface area (Å²) in [4.78, 5) is 0. The molecule has 0 saturated carbocycles. The molecule has 0 atom stereocenters. The van der Waals surface area contributed by atoms with Gasteiger partial charge >= 0.3 is 0 Å². The molecule has 0 unspecified atom stereocenters. The number of hydrogen-bond donors (Lipinski definition) is 1. The smallest absolute Gasteiger partial charge is 0.176 e. The van der Waals surface area contributed by atoms with Crippen molar-refractivity contribution in [3.05, 3.63) is 106 Å². The lowest BCUT2D eigenvalue weighted by atomic mass is 10.0. The highest BCUT2D eigenvalue weighted by Gasteiger charge is 2.13. The fourth-order valence-electron chi connectivity index (χ4n) is 4.80. The Morgan fingerprint density at radius 2 is 1.53 bits per heavy atom. The van der Waals surface area contributed by atoms with Gasteiger partial charge < -0.3 is 4.57 Å². The van der Waals surface area contributed by atoms with Gasteiger partial charge in [-0.25, -0.2) is 0 Å². The molecule has 5 nitrogen and oxygen atoms in total. The van der Waals surface area contributed by atoms with Gasteiger partial charge in [-0.15, -0.1) is 10.2 Å². The van der Waals surface area contributed by atoms with Crippen LogP contribution in [-0.4, -0.2) is 21.0 Å². The zero-order valence-corrected chi connectivity index (χ0v) is 21.7. The molecule has 36 heavy (non-hydrogen) atoms. The first-order chi connectivity index (χ1) is 17.3. The minimum atomic E-state index is 0.637. The van der Waals surface area contributed by atoms with E-state index in [1.807, 2.05) is 18.3 Å². The Labute approximate surface area is 212 Å². The van der Waals surface area contributed by atoms with Gasteiger partial charge in [-0.05, 0) is 76.4 Å². The molecular weight excluding hydrogens is 442 g/mol. The Hall–Kier alpha value is -4.25. The molecule has 0 aliphatic carbocycles. The van der Waals surface area contributed by atoms with Crippen LogP contribution in [-0.2, 0) is 0 Å². The number of rotatable bonds is 5. The molecule has 0 fully saturated rings. The van der Waals surface area contributed by atoms with E-state index in [4.69, 9.17) is 0 Å². The van der Waals surface area contributed by atoms with Crippen LogP contribution in [0.1, 0.15) is 39.2 Å². The van der Waals surface area contributed by atoms with Gasteiger partial charge in [0.25, 0.3) is 0 Å². The van der Waals surface area contributed by atoms with Gasteiger partial charge in [0.05, 0.1) is 6.21 Å². The van der Waals surface area contributed by atoms with Crippen LogP contribution in [0.15, 0.2) is 71.8 Å². The van der Waals surface area contributed by atoms with Crippen molar-refractivity contribution in [2.45, 2.75) is 41.5 Å². The van der Waals surface area contributed by atoms with Crippen molar-refractivity contribution in [2.24, 2.45) is 5.10 Å². The van der Waals surface area contributed by atoms with Gasteiger partial charge in [0.2, 0.25) is 0 Å². The third-order valence-corrected chi connectivity index (χ3v) is 6.91. The van der Waals surface area contributed by atoms with Crippen LogP contribution < -0.4 is 5.43 Å². The molecule has 5 rings (SSSR count). The molecule has 0 radical (unpaired) electrons. The largest absolute Gasteiger partial charge is 0.318 e. The van der Waals surface area contributed by atoms with Crippen LogP contribution in [0, 0.1) is 41.5 Å². The molecule has 0 spiro atoms. The van der Waals surface area contributed by atoms with Crippen molar-refractivity contribution >= 4 is 22.8 Å². The van der Waals surface area contributed by atoms with Gasteiger partial charge in [0.15, 0.2) is 5.82 Å². The zero-order valence-electron chi connectivity index (χ0n) is 21.7. The van der Waals surface area contributed by atoms with Crippen LogP contribution in [0.5, 0.6) is 0 Å². The van der Waals surface area contributed by atoms with Crippen molar-refractivity contribution in [3.63, 3.8) is 0 Å². The number of hydrazone groups is 1. The normalized spacial score (nSPS) is 11.5. The molecule has 2 aromatic heterocycles. The molecule has 3 aromatic carbocycles. The number of nitrogens with zero attached hydrogens (tertiary/aromatic N) is 4. The van der Waals surface area contributed by atoms with E-state index in [0.29, 0.717) is 5.82 Å². The van der Waals surface area contributed by atoms with E-state index in [2.05, 4.69) is 121 Å². The van der Waals surface area contributed by atoms with Gasteiger partial charge in [-0.3, -0.25) is 5.43 Å². The summed E-state index contributed by atoms with van der Waals surface area (Å²) in [6.07, 6.45) is 1.86. The van der Waals surface area contributed by atoms with E-state index in [1.54, 1.807) is 0 Å². The first-order valence-corrected chi connectivity index (χ1v) is 12.2. The summed E-state index contributed by atoms with van der Waals surface area (Å²) in [6.45, 7) is 12.8. The first-order valence-electron chi connectivity index (χ1n) is 12.2. The second-order valence-electron chi connectivity index (χ2n) is 9.56. The predicted octanol–water partition coefficient (Wildman–Crippen LogP) is 7.38. The number of benzene rings is 3. The summed E-state index contributed by atoms with van der Waals surface area (Å²) < 4.78 is 2.28. The summed E-state index contributed by atoms with van der Waals surface area (Å²) in [7, 11) is 0. The van der Waals surface area contributed by atoms with E-state index in [9.17, 15) is 0 Å². The third kappa shape index (κ3) is 4.29. The molecule has 5 aromatic rings. The van der Waals surface area contributed by atoms with Crippen LogP contribution in [0.2, 0.25) is 0 Å². The van der Waals surface area contributed by atoms with Crippen molar-refractivity contribution < 1.29 is 0 Å². The molecule has 0 aliphatic heterocycles. The minimum Gasteiger partial charge on any atom is -0.318 e. The Balaban J connectivity index is 1.46. The Kier molecular flexibility index (Phi) is 6.15. The number of nitrogens with one attached hydrogen (secondary N) is 1.